The minimum atomic E-state index is -0.842. The van der Waals surface area contributed by atoms with Crippen LogP contribution in [0.2, 0.25) is 0 Å². The lowest BCUT2D eigenvalue weighted by molar-refractivity contribution is -0.385. The van der Waals surface area contributed by atoms with Gasteiger partial charge in [-0.25, -0.2) is 9.18 Å². The van der Waals surface area contributed by atoms with Gasteiger partial charge in [-0.15, -0.1) is 0 Å². The van der Waals surface area contributed by atoms with Crippen molar-refractivity contribution >= 4 is 17.7 Å². The van der Waals surface area contributed by atoms with Crippen molar-refractivity contribution < 1.29 is 23.6 Å². The molecule has 9 heteroatoms. The average molecular weight is 327 g/mol. The van der Waals surface area contributed by atoms with Gasteiger partial charge >= 0.3 is 6.09 Å². The second kappa shape index (κ2) is 7.52. The fraction of sp³-hybridized carbons (Fsp3) is 0.429. The molecule has 0 fully saturated rings. The maximum Gasteiger partial charge on any atom is 0.407 e. The van der Waals surface area contributed by atoms with Gasteiger partial charge < -0.3 is 15.4 Å². The normalized spacial score (nSPS) is 10.8. The van der Waals surface area contributed by atoms with Crippen molar-refractivity contribution in [2.24, 2.45) is 0 Å². The molecule has 126 valence electrons. The molecule has 8 nitrogen and oxygen atoms in total. The molecule has 1 rings (SSSR count). The van der Waals surface area contributed by atoms with Gasteiger partial charge in [0.25, 0.3) is 11.6 Å². The molecule has 0 atom stereocenters. The van der Waals surface area contributed by atoms with Gasteiger partial charge in [-0.05, 0) is 32.9 Å². The number of alkyl carbamates (subject to hydrolysis) is 1. The molecule has 0 saturated carbocycles. The molecule has 0 aliphatic heterocycles. The van der Waals surface area contributed by atoms with Crippen molar-refractivity contribution in [3.63, 3.8) is 0 Å². The highest BCUT2D eigenvalue weighted by molar-refractivity contribution is 5.98. The molecule has 23 heavy (non-hydrogen) atoms. The predicted molar refractivity (Wildman–Crippen MR) is 79.6 cm³/mol. The average Bonchev–Trinajstić information content (AvgIpc) is 2.41. The Morgan fingerprint density at radius 2 is 2.00 bits per heavy atom. The summed E-state index contributed by atoms with van der Waals surface area (Å²) in [5, 5.41) is 15.7. The van der Waals surface area contributed by atoms with Crippen LogP contribution in [0.4, 0.5) is 14.9 Å². The smallest absolute Gasteiger partial charge is 0.407 e. The van der Waals surface area contributed by atoms with E-state index in [1.54, 1.807) is 20.8 Å². The summed E-state index contributed by atoms with van der Waals surface area (Å²) in [6, 6.07) is 2.65. The Morgan fingerprint density at radius 3 is 2.57 bits per heavy atom. The zero-order valence-electron chi connectivity index (χ0n) is 13.0. The second-order valence-corrected chi connectivity index (χ2v) is 5.69. The summed E-state index contributed by atoms with van der Waals surface area (Å²) >= 11 is 0. The monoisotopic (exact) mass is 327 g/mol. The predicted octanol–water partition coefficient (Wildman–Crippen LogP) is 1.99. The van der Waals surface area contributed by atoms with E-state index < -0.39 is 34.0 Å². The largest absolute Gasteiger partial charge is 0.448 e. The number of nitro benzene ring substituents is 1. The van der Waals surface area contributed by atoms with Gasteiger partial charge in [0, 0.05) is 5.54 Å². The van der Waals surface area contributed by atoms with Crippen LogP contribution in [0, 0.1) is 15.9 Å². The maximum absolute atomic E-state index is 13.0. The summed E-state index contributed by atoms with van der Waals surface area (Å²) in [4.78, 5) is 33.2. The number of carbonyl (C=O) groups excluding carboxylic acids is 2. The number of hydrogen-bond acceptors (Lipinski definition) is 5. The molecule has 2 amide bonds. The number of nitrogens with one attached hydrogen (secondary N) is 2. The third kappa shape index (κ3) is 6.29. The van der Waals surface area contributed by atoms with Gasteiger partial charge in [0.05, 0.1) is 17.5 Å². The Labute approximate surface area is 132 Å². The Kier molecular flexibility index (Phi) is 6.00. The van der Waals surface area contributed by atoms with Gasteiger partial charge in [-0.2, -0.15) is 0 Å². The van der Waals surface area contributed by atoms with Gasteiger partial charge in [0.2, 0.25) is 0 Å². The first-order chi connectivity index (χ1) is 10.6. The van der Waals surface area contributed by atoms with Crippen molar-refractivity contribution in [3.05, 3.63) is 39.7 Å². The van der Waals surface area contributed by atoms with Crippen LogP contribution in [0.1, 0.15) is 31.1 Å². The van der Waals surface area contributed by atoms with E-state index in [4.69, 9.17) is 4.74 Å². The number of hydrogen-bond donors (Lipinski definition) is 2. The zero-order chi connectivity index (χ0) is 17.6. The van der Waals surface area contributed by atoms with Gasteiger partial charge in [0.15, 0.2) is 0 Å². The van der Waals surface area contributed by atoms with Crippen molar-refractivity contribution in [2.75, 3.05) is 13.2 Å². The number of nitrogens with zero attached hydrogens (tertiary/aromatic N) is 1. The van der Waals surface area contributed by atoms with Crippen molar-refractivity contribution in [1.29, 1.82) is 0 Å². The Morgan fingerprint density at radius 1 is 1.35 bits per heavy atom. The summed E-state index contributed by atoms with van der Waals surface area (Å²) in [6.07, 6.45) is -0.639. The van der Waals surface area contributed by atoms with E-state index in [0.717, 1.165) is 12.1 Å². The van der Waals surface area contributed by atoms with E-state index in [-0.39, 0.29) is 18.7 Å². The fourth-order valence-corrected chi connectivity index (χ4v) is 1.59. The van der Waals surface area contributed by atoms with Crippen LogP contribution in [0.3, 0.4) is 0 Å². The van der Waals surface area contributed by atoms with Crippen molar-refractivity contribution in [3.8, 4) is 0 Å². The fourth-order valence-electron chi connectivity index (χ4n) is 1.59. The maximum atomic E-state index is 13.0. The minimum absolute atomic E-state index is 0.0368. The highest BCUT2D eigenvalue weighted by Gasteiger charge is 2.21. The van der Waals surface area contributed by atoms with E-state index in [9.17, 15) is 24.1 Å². The van der Waals surface area contributed by atoms with Crippen LogP contribution < -0.4 is 10.6 Å². The van der Waals surface area contributed by atoms with Crippen LogP contribution in [-0.2, 0) is 4.74 Å². The van der Waals surface area contributed by atoms with Crippen molar-refractivity contribution in [2.45, 2.75) is 26.3 Å². The third-order valence-electron chi connectivity index (χ3n) is 2.50. The number of ether oxygens (including phenoxy) is 1. The Balaban J connectivity index is 2.52. The van der Waals surface area contributed by atoms with Gasteiger partial charge in [-0.1, -0.05) is 0 Å². The molecule has 0 aliphatic carbocycles. The van der Waals surface area contributed by atoms with E-state index in [0.29, 0.717) is 6.07 Å². The molecule has 0 bridgehead atoms. The molecule has 0 spiro atoms. The molecular weight excluding hydrogens is 309 g/mol. The summed E-state index contributed by atoms with van der Waals surface area (Å²) in [5.74, 6) is -1.56. The number of halogens is 1. The van der Waals surface area contributed by atoms with Gasteiger partial charge in [0.1, 0.15) is 18.0 Å². The lowest BCUT2D eigenvalue weighted by Gasteiger charge is -2.19. The standard InChI is InChI=1S/C14H18FN3O5/c1-14(2,3)17-13(20)23-7-6-16-12(19)10-5-4-9(15)8-11(10)18(21)22/h4-5,8H,6-7H2,1-3H3,(H,16,19)(H,17,20). The number of carbonyl (C=O) groups is 2. The third-order valence-corrected chi connectivity index (χ3v) is 2.50. The lowest BCUT2D eigenvalue weighted by Crippen LogP contribution is -2.41. The number of nitro groups is 1. The quantitative estimate of drug-likeness (QED) is 0.488. The number of rotatable bonds is 5. The summed E-state index contributed by atoms with van der Waals surface area (Å²) in [5.41, 5.74) is -1.35. The Bertz CT molecular complexity index is 613. The summed E-state index contributed by atoms with van der Waals surface area (Å²) in [7, 11) is 0. The van der Waals surface area contributed by atoms with Crippen molar-refractivity contribution in [1.82, 2.24) is 10.6 Å². The Hall–Kier alpha value is -2.71. The zero-order valence-corrected chi connectivity index (χ0v) is 13.0. The van der Waals surface area contributed by atoms with E-state index in [1.165, 1.54) is 0 Å². The lowest BCUT2D eigenvalue weighted by atomic mass is 10.1. The van der Waals surface area contributed by atoms with Crippen LogP contribution in [0.15, 0.2) is 18.2 Å². The molecule has 2 N–H and O–H groups in total. The number of amides is 2. The topological polar surface area (TPSA) is 111 Å². The minimum Gasteiger partial charge on any atom is -0.448 e. The highest BCUT2D eigenvalue weighted by Crippen LogP contribution is 2.19. The van der Waals surface area contributed by atoms with E-state index in [1.807, 2.05) is 0 Å². The first-order valence-electron chi connectivity index (χ1n) is 6.77. The van der Waals surface area contributed by atoms with Crippen LogP contribution in [-0.4, -0.2) is 35.6 Å². The van der Waals surface area contributed by atoms with Gasteiger partial charge in [-0.3, -0.25) is 14.9 Å². The summed E-state index contributed by atoms with van der Waals surface area (Å²) < 4.78 is 17.8. The highest BCUT2D eigenvalue weighted by atomic mass is 19.1. The molecule has 0 unspecified atom stereocenters. The molecule has 1 aromatic rings. The van der Waals surface area contributed by atoms with E-state index in [2.05, 4.69) is 10.6 Å². The number of benzene rings is 1. The first kappa shape index (κ1) is 18.3. The van der Waals surface area contributed by atoms with E-state index >= 15 is 0 Å². The molecule has 0 saturated heterocycles. The molecule has 0 heterocycles. The molecule has 1 aromatic carbocycles. The molecule has 0 aromatic heterocycles. The first-order valence-corrected chi connectivity index (χ1v) is 6.77. The SMILES string of the molecule is CC(C)(C)NC(=O)OCCNC(=O)c1ccc(F)cc1[N+](=O)[O-]. The molecule has 0 radical (unpaired) electrons. The van der Waals surface area contributed by atoms with Crippen LogP contribution in [0.25, 0.3) is 0 Å². The summed E-state index contributed by atoms with van der Waals surface area (Å²) in [6.45, 7) is 5.20. The van der Waals surface area contributed by atoms with Crippen LogP contribution >= 0.6 is 0 Å². The molecular formula is C14H18FN3O5. The second-order valence-electron chi connectivity index (χ2n) is 5.69. The van der Waals surface area contributed by atoms with Crippen LogP contribution in [0.5, 0.6) is 0 Å². The molecule has 0 aliphatic rings.